The number of carbonyl (C=O) groups is 1. The molecule has 8 heteroatoms. The number of amidine groups is 1. The lowest BCUT2D eigenvalue weighted by Crippen LogP contribution is -2.37. The lowest BCUT2D eigenvalue weighted by Gasteiger charge is -2.26. The molecule has 2 aliphatic heterocycles. The first kappa shape index (κ1) is 12.8. The number of benzene rings is 1. The molecule has 0 saturated heterocycles. The van der Waals surface area contributed by atoms with Gasteiger partial charge < -0.3 is 4.74 Å². The highest BCUT2D eigenvalue weighted by molar-refractivity contribution is 6.14. The monoisotopic (exact) mass is 299 g/mol. The second-order valence-electron chi connectivity index (χ2n) is 5.03. The zero-order valence-corrected chi connectivity index (χ0v) is 11.9. The second-order valence-corrected chi connectivity index (χ2v) is 5.03. The molecule has 0 spiro atoms. The van der Waals surface area contributed by atoms with Gasteiger partial charge in [-0.25, -0.2) is 9.36 Å². The predicted octanol–water partition coefficient (Wildman–Crippen LogP) is -0.213. The molecule has 1 aromatic carbocycles. The number of esters is 1. The molecule has 4 rings (SSSR count). The minimum Gasteiger partial charge on any atom is -0.468 e. The van der Waals surface area contributed by atoms with Gasteiger partial charge in [0.15, 0.2) is 0 Å². The fourth-order valence-electron chi connectivity index (χ4n) is 2.80. The van der Waals surface area contributed by atoms with E-state index in [4.69, 9.17) is 0 Å². The van der Waals surface area contributed by atoms with Crippen LogP contribution in [0, 0.1) is 0 Å². The molecule has 1 aromatic heterocycles. The van der Waals surface area contributed by atoms with Gasteiger partial charge in [-0.15, -0.1) is 5.10 Å². The lowest BCUT2D eigenvalue weighted by atomic mass is 10.1. The van der Waals surface area contributed by atoms with Crippen LogP contribution < -0.4 is 10.6 Å². The maximum atomic E-state index is 12.6. The van der Waals surface area contributed by atoms with E-state index in [-0.39, 0.29) is 12.2 Å². The van der Waals surface area contributed by atoms with Crippen LogP contribution >= 0.6 is 0 Å². The molecule has 0 atom stereocenters. The number of nitrogens with zero attached hydrogens (tertiary/aromatic N) is 5. The Bertz CT molecular complexity index is 864. The van der Waals surface area contributed by atoms with E-state index in [0.717, 1.165) is 21.8 Å². The summed E-state index contributed by atoms with van der Waals surface area (Å²) in [6, 6.07) is 7.55. The first-order valence-corrected chi connectivity index (χ1v) is 6.89. The van der Waals surface area contributed by atoms with Gasteiger partial charge in [0, 0.05) is 12.1 Å². The molecule has 2 aliphatic rings. The molecule has 0 unspecified atom stereocenters. The van der Waals surface area contributed by atoms with Crippen molar-refractivity contribution in [2.24, 2.45) is 4.99 Å². The Balaban J connectivity index is 1.94. The number of methoxy groups -OCH3 is 1. The smallest absolute Gasteiger partial charge is 0.352 e. The highest BCUT2D eigenvalue weighted by Gasteiger charge is 2.34. The number of hydrogen-bond acceptors (Lipinski definition) is 6. The van der Waals surface area contributed by atoms with Crippen molar-refractivity contribution in [3.63, 3.8) is 0 Å². The number of aromatic nitrogens is 3. The maximum Gasteiger partial charge on any atom is 0.352 e. The zero-order valence-electron chi connectivity index (χ0n) is 11.9. The quantitative estimate of drug-likeness (QED) is 0.717. The third-order valence-corrected chi connectivity index (χ3v) is 3.80. The summed E-state index contributed by atoms with van der Waals surface area (Å²) in [6.07, 6.45) is 0. The summed E-state index contributed by atoms with van der Waals surface area (Å²) in [5.74, 6) is 0.795. The third kappa shape index (κ3) is 1.63. The van der Waals surface area contributed by atoms with E-state index in [1.807, 2.05) is 29.2 Å². The van der Waals surface area contributed by atoms with E-state index in [2.05, 4.69) is 14.8 Å². The number of anilines is 1. The standard InChI is InChI=1S/C14H13N5O3/c1-22-11(20)8-18-14(21)19-10-5-3-2-4-9(10)12-15-6-7-17(12)13(19)16-18/h2-5H,6-8H2,1H3. The van der Waals surface area contributed by atoms with Gasteiger partial charge in [-0.05, 0) is 12.1 Å². The Hall–Kier alpha value is -2.90. The van der Waals surface area contributed by atoms with Crippen molar-refractivity contribution >= 4 is 17.8 Å². The minimum atomic E-state index is -0.513. The molecule has 0 bridgehead atoms. The molecule has 22 heavy (non-hydrogen) atoms. The van der Waals surface area contributed by atoms with Crippen LogP contribution in [0.5, 0.6) is 0 Å². The van der Waals surface area contributed by atoms with Gasteiger partial charge in [-0.2, -0.15) is 4.68 Å². The molecule has 0 radical (unpaired) electrons. The van der Waals surface area contributed by atoms with Crippen molar-refractivity contribution in [2.75, 3.05) is 25.1 Å². The van der Waals surface area contributed by atoms with E-state index in [1.54, 1.807) is 0 Å². The van der Waals surface area contributed by atoms with Crippen LogP contribution in [0.15, 0.2) is 34.1 Å². The Morgan fingerprint density at radius 3 is 3.00 bits per heavy atom. The summed E-state index contributed by atoms with van der Waals surface area (Å²) in [5.41, 5.74) is 1.27. The Morgan fingerprint density at radius 2 is 2.18 bits per heavy atom. The lowest BCUT2D eigenvalue weighted by molar-refractivity contribution is -0.141. The van der Waals surface area contributed by atoms with Gasteiger partial charge in [0.25, 0.3) is 0 Å². The number of para-hydroxylation sites is 1. The van der Waals surface area contributed by atoms with Crippen LogP contribution in [-0.4, -0.2) is 46.4 Å². The summed E-state index contributed by atoms with van der Waals surface area (Å²) in [6.45, 7) is 1.11. The summed E-state index contributed by atoms with van der Waals surface area (Å²) >= 11 is 0. The van der Waals surface area contributed by atoms with Gasteiger partial charge in [0.1, 0.15) is 12.4 Å². The van der Waals surface area contributed by atoms with Gasteiger partial charge in [0.2, 0.25) is 5.95 Å². The van der Waals surface area contributed by atoms with Crippen molar-refractivity contribution < 1.29 is 9.53 Å². The van der Waals surface area contributed by atoms with Crippen LogP contribution in [0.25, 0.3) is 5.69 Å². The molecule has 3 heterocycles. The fourth-order valence-corrected chi connectivity index (χ4v) is 2.80. The van der Waals surface area contributed by atoms with Gasteiger partial charge >= 0.3 is 11.7 Å². The summed E-state index contributed by atoms with van der Waals surface area (Å²) in [4.78, 5) is 30.5. The molecule has 112 valence electrons. The van der Waals surface area contributed by atoms with Crippen molar-refractivity contribution in [1.82, 2.24) is 14.3 Å². The maximum absolute atomic E-state index is 12.6. The molecule has 8 nitrogen and oxygen atoms in total. The van der Waals surface area contributed by atoms with E-state index in [1.165, 1.54) is 11.7 Å². The zero-order chi connectivity index (χ0) is 15.3. The first-order valence-electron chi connectivity index (χ1n) is 6.89. The Labute approximate surface area is 125 Å². The van der Waals surface area contributed by atoms with Crippen molar-refractivity contribution in [3.05, 3.63) is 40.3 Å². The first-order chi connectivity index (χ1) is 10.7. The number of hydrogen-bond donors (Lipinski definition) is 0. The van der Waals surface area contributed by atoms with Gasteiger partial charge in [0.05, 0.1) is 19.3 Å². The minimum absolute atomic E-state index is 0.210. The van der Waals surface area contributed by atoms with Crippen LogP contribution in [0.4, 0.5) is 5.95 Å². The van der Waals surface area contributed by atoms with E-state index in [0.29, 0.717) is 19.0 Å². The second kappa shape index (κ2) is 4.55. The highest BCUT2D eigenvalue weighted by atomic mass is 16.5. The number of carbonyl (C=O) groups excluding carboxylic acids is 1. The average molecular weight is 299 g/mol. The largest absolute Gasteiger partial charge is 0.468 e. The number of rotatable bonds is 2. The fraction of sp³-hybridized carbons (Fsp3) is 0.286. The average Bonchev–Trinajstić information content (AvgIpc) is 3.13. The van der Waals surface area contributed by atoms with Crippen molar-refractivity contribution in [3.8, 4) is 5.69 Å². The molecule has 0 aliphatic carbocycles. The van der Waals surface area contributed by atoms with E-state index < -0.39 is 5.97 Å². The molecule has 0 fully saturated rings. The summed E-state index contributed by atoms with van der Waals surface area (Å²) in [5, 5.41) is 4.29. The summed E-state index contributed by atoms with van der Waals surface area (Å²) < 4.78 is 7.25. The van der Waals surface area contributed by atoms with E-state index in [9.17, 15) is 9.59 Å². The van der Waals surface area contributed by atoms with Crippen LogP contribution in [0.2, 0.25) is 0 Å². The molecule has 0 saturated carbocycles. The molecule has 0 amide bonds. The molecular weight excluding hydrogens is 286 g/mol. The molecule has 0 N–H and O–H groups in total. The molecular formula is C14H13N5O3. The number of aliphatic imine (C=N–C) groups is 1. The van der Waals surface area contributed by atoms with Crippen molar-refractivity contribution in [1.29, 1.82) is 0 Å². The molecule has 2 aromatic rings. The van der Waals surface area contributed by atoms with Crippen LogP contribution in [-0.2, 0) is 16.1 Å². The topological polar surface area (TPSA) is 81.7 Å². The normalized spacial score (nSPS) is 15.0. The third-order valence-electron chi connectivity index (χ3n) is 3.80. The Morgan fingerprint density at radius 1 is 1.36 bits per heavy atom. The number of ether oxygens (including phenoxy) is 1. The SMILES string of the molecule is COC(=O)Cn1nc2n(c1=O)-c1ccccc1C1=NCCN12. The van der Waals surface area contributed by atoms with E-state index >= 15 is 0 Å². The Kier molecular flexibility index (Phi) is 2.65. The highest BCUT2D eigenvalue weighted by Crippen LogP contribution is 2.29. The van der Waals surface area contributed by atoms with Gasteiger partial charge in [-0.3, -0.25) is 14.7 Å². The summed E-state index contributed by atoms with van der Waals surface area (Å²) in [7, 11) is 1.28. The van der Waals surface area contributed by atoms with Crippen molar-refractivity contribution in [2.45, 2.75) is 6.54 Å². The van der Waals surface area contributed by atoms with Gasteiger partial charge in [-0.1, -0.05) is 12.1 Å². The van der Waals surface area contributed by atoms with Crippen LogP contribution in [0.1, 0.15) is 5.56 Å². The number of fused-ring (bicyclic) bond motifs is 6. The predicted molar refractivity (Wildman–Crippen MR) is 78.6 cm³/mol. The van der Waals surface area contributed by atoms with Crippen LogP contribution in [0.3, 0.4) is 0 Å².